The fourth-order valence-electron chi connectivity index (χ4n) is 2.34. The first kappa shape index (κ1) is 15.1. The van der Waals surface area contributed by atoms with Crippen molar-refractivity contribution in [3.05, 3.63) is 28.5 Å². The van der Waals surface area contributed by atoms with E-state index in [-0.39, 0.29) is 5.82 Å². The van der Waals surface area contributed by atoms with Crippen LogP contribution in [0.1, 0.15) is 19.3 Å². The molecule has 0 bridgehead atoms. The molecule has 6 heteroatoms. The van der Waals surface area contributed by atoms with Crippen LogP contribution >= 0.6 is 15.9 Å². The number of nitrogens with zero attached hydrogens (tertiary/aromatic N) is 1. The Morgan fingerprint density at radius 2 is 2.15 bits per heavy atom. The fourth-order valence-corrected chi connectivity index (χ4v) is 2.81. The molecule has 1 aliphatic heterocycles. The summed E-state index contributed by atoms with van der Waals surface area (Å²) in [5.41, 5.74) is 0. The van der Waals surface area contributed by atoms with E-state index in [1.807, 2.05) is 0 Å². The van der Waals surface area contributed by atoms with Crippen molar-refractivity contribution in [2.45, 2.75) is 19.3 Å². The molecule has 4 nitrogen and oxygen atoms in total. The number of rotatable bonds is 4. The molecule has 20 heavy (non-hydrogen) atoms. The maximum atomic E-state index is 12.9. The first-order valence-corrected chi connectivity index (χ1v) is 7.41. The van der Waals surface area contributed by atoms with Crippen molar-refractivity contribution in [1.29, 1.82) is 0 Å². The Morgan fingerprint density at radius 1 is 1.45 bits per heavy atom. The van der Waals surface area contributed by atoms with E-state index in [0.717, 1.165) is 19.3 Å². The van der Waals surface area contributed by atoms with Gasteiger partial charge in [-0.2, -0.15) is 0 Å². The highest BCUT2D eigenvalue weighted by molar-refractivity contribution is 9.10. The number of benzene rings is 1. The Balaban J connectivity index is 1.73. The molecule has 1 heterocycles. The van der Waals surface area contributed by atoms with Gasteiger partial charge < -0.3 is 14.7 Å². The average molecular weight is 346 g/mol. The van der Waals surface area contributed by atoms with E-state index in [2.05, 4.69) is 15.9 Å². The highest BCUT2D eigenvalue weighted by Crippen LogP contribution is 2.26. The number of ether oxygens (including phenoxy) is 1. The first-order chi connectivity index (χ1) is 9.56. The van der Waals surface area contributed by atoms with Gasteiger partial charge in [0.15, 0.2) is 0 Å². The minimum atomic E-state index is -0.838. The summed E-state index contributed by atoms with van der Waals surface area (Å²) in [7, 11) is 0. The number of carboxylic acid groups (broad SMARTS) is 1. The van der Waals surface area contributed by atoms with Gasteiger partial charge >= 0.3 is 6.09 Å². The monoisotopic (exact) mass is 345 g/mol. The molecule has 0 unspecified atom stereocenters. The van der Waals surface area contributed by atoms with Gasteiger partial charge in [-0.1, -0.05) is 0 Å². The van der Waals surface area contributed by atoms with E-state index in [1.165, 1.54) is 17.0 Å². The Kier molecular flexibility index (Phi) is 5.23. The molecule has 0 spiro atoms. The van der Waals surface area contributed by atoms with Crippen molar-refractivity contribution >= 4 is 22.0 Å². The number of piperidine rings is 1. The van der Waals surface area contributed by atoms with Crippen LogP contribution < -0.4 is 4.74 Å². The van der Waals surface area contributed by atoms with Crippen LogP contribution in [-0.2, 0) is 0 Å². The molecule has 0 atom stereocenters. The maximum Gasteiger partial charge on any atom is 0.407 e. The standard InChI is InChI=1S/C14H17BrFNO3/c15-12-9-11(16)1-2-13(12)20-8-5-10-3-6-17(7-4-10)14(18)19/h1-2,9-10H,3-8H2,(H,18,19). The SMILES string of the molecule is O=C(O)N1CCC(CCOc2ccc(F)cc2Br)CC1. The van der Waals surface area contributed by atoms with Crippen molar-refractivity contribution in [2.75, 3.05) is 19.7 Å². The van der Waals surface area contributed by atoms with Gasteiger partial charge in [0.25, 0.3) is 0 Å². The van der Waals surface area contributed by atoms with Crippen LogP contribution in [0.15, 0.2) is 22.7 Å². The molecule has 1 amide bonds. The van der Waals surface area contributed by atoms with Gasteiger partial charge in [0.05, 0.1) is 11.1 Å². The van der Waals surface area contributed by atoms with Crippen LogP contribution in [0.3, 0.4) is 0 Å². The lowest BCUT2D eigenvalue weighted by molar-refractivity contribution is 0.119. The Labute approximate surface area is 125 Å². The molecule has 1 aliphatic rings. The van der Waals surface area contributed by atoms with E-state index < -0.39 is 6.09 Å². The zero-order chi connectivity index (χ0) is 14.5. The van der Waals surface area contributed by atoms with Crippen LogP contribution in [0.5, 0.6) is 5.75 Å². The molecule has 0 saturated carbocycles. The molecule has 1 aromatic rings. The van der Waals surface area contributed by atoms with Gasteiger partial charge in [-0.15, -0.1) is 0 Å². The summed E-state index contributed by atoms with van der Waals surface area (Å²) in [6.07, 6.45) is 1.80. The maximum absolute atomic E-state index is 12.9. The number of likely N-dealkylation sites (tertiary alicyclic amines) is 1. The predicted octanol–water partition coefficient (Wildman–Crippen LogP) is 3.75. The highest BCUT2D eigenvalue weighted by Gasteiger charge is 2.22. The van der Waals surface area contributed by atoms with Crippen molar-refractivity contribution in [2.24, 2.45) is 5.92 Å². The van der Waals surface area contributed by atoms with Crippen LogP contribution in [-0.4, -0.2) is 35.8 Å². The third-order valence-electron chi connectivity index (χ3n) is 3.56. The summed E-state index contributed by atoms with van der Waals surface area (Å²) >= 11 is 3.26. The number of halogens is 2. The molecule has 0 radical (unpaired) electrons. The third-order valence-corrected chi connectivity index (χ3v) is 4.18. The lowest BCUT2D eigenvalue weighted by atomic mass is 9.94. The first-order valence-electron chi connectivity index (χ1n) is 6.62. The highest BCUT2D eigenvalue weighted by atomic mass is 79.9. The quantitative estimate of drug-likeness (QED) is 0.903. The second-order valence-corrected chi connectivity index (χ2v) is 5.78. The third kappa shape index (κ3) is 4.10. The van der Waals surface area contributed by atoms with Gasteiger partial charge in [-0.05, 0) is 59.3 Å². The minimum Gasteiger partial charge on any atom is -0.492 e. The van der Waals surface area contributed by atoms with Crippen LogP contribution in [0.2, 0.25) is 0 Å². The largest absolute Gasteiger partial charge is 0.492 e. The lowest BCUT2D eigenvalue weighted by Crippen LogP contribution is -2.37. The summed E-state index contributed by atoms with van der Waals surface area (Å²) in [6.45, 7) is 1.75. The van der Waals surface area contributed by atoms with Gasteiger partial charge in [0.1, 0.15) is 11.6 Å². The van der Waals surface area contributed by atoms with Crippen molar-refractivity contribution in [3.8, 4) is 5.75 Å². The molecule has 1 N–H and O–H groups in total. The Morgan fingerprint density at radius 3 is 2.75 bits per heavy atom. The molecule has 2 rings (SSSR count). The number of hydrogen-bond donors (Lipinski definition) is 1. The summed E-state index contributed by atoms with van der Waals surface area (Å²) in [5.74, 6) is 0.824. The van der Waals surface area contributed by atoms with Crippen molar-refractivity contribution in [1.82, 2.24) is 4.90 Å². The lowest BCUT2D eigenvalue weighted by Gasteiger charge is -2.29. The molecular formula is C14H17BrFNO3. The zero-order valence-corrected chi connectivity index (χ0v) is 12.6. The number of amides is 1. The second-order valence-electron chi connectivity index (χ2n) is 4.92. The van der Waals surface area contributed by atoms with E-state index in [4.69, 9.17) is 9.84 Å². The van der Waals surface area contributed by atoms with Crippen LogP contribution in [0.25, 0.3) is 0 Å². The average Bonchev–Trinajstić information content (AvgIpc) is 2.42. The number of hydrogen-bond acceptors (Lipinski definition) is 2. The Hall–Kier alpha value is -1.30. The smallest absolute Gasteiger partial charge is 0.407 e. The van der Waals surface area contributed by atoms with E-state index in [0.29, 0.717) is 35.8 Å². The second kappa shape index (κ2) is 6.92. The van der Waals surface area contributed by atoms with E-state index >= 15 is 0 Å². The minimum absolute atomic E-state index is 0.301. The molecule has 1 fully saturated rings. The zero-order valence-electron chi connectivity index (χ0n) is 11.0. The topological polar surface area (TPSA) is 49.8 Å². The molecule has 0 aromatic heterocycles. The van der Waals surface area contributed by atoms with Gasteiger partial charge in [0.2, 0.25) is 0 Å². The summed E-state index contributed by atoms with van der Waals surface area (Å²) in [4.78, 5) is 12.2. The van der Waals surface area contributed by atoms with E-state index in [9.17, 15) is 9.18 Å². The molecule has 1 aromatic carbocycles. The van der Waals surface area contributed by atoms with E-state index in [1.54, 1.807) is 6.07 Å². The predicted molar refractivity (Wildman–Crippen MR) is 76.5 cm³/mol. The molecule has 110 valence electrons. The van der Waals surface area contributed by atoms with Gasteiger partial charge in [-0.3, -0.25) is 0 Å². The van der Waals surface area contributed by atoms with Gasteiger partial charge in [-0.25, -0.2) is 9.18 Å². The normalized spacial score (nSPS) is 16.2. The molecule has 0 aliphatic carbocycles. The van der Waals surface area contributed by atoms with Gasteiger partial charge in [0, 0.05) is 13.1 Å². The summed E-state index contributed by atoms with van der Waals surface area (Å²) < 4.78 is 19.2. The Bertz CT molecular complexity index is 475. The number of carbonyl (C=O) groups is 1. The summed E-state index contributed by atoms with van der Waals surface area (Å²) in [5, 5.41) is 8.87. The fraction of sp³-hybridized carbons (Fsp3) is 0.500. The van der Waals surface area contributed by atoms with Crippen molar-refractivity contribution < 1.29 is 19.0 Å². The molecular weight excluding hydrogens is 329 g/mol. The summed E-state index contributed by atoms with van der Waals surface area (Å²) in [6, 6.07) is 4.35. The van der Waals surface area contributed by atoms with Crippen LogP contribution in [0, 0.1) is 11.7 Å². The molecule has 1 saturated heterocycles. The van der Waals surface area contributed by atoms with Crippen molar-refractivity contribution in [3.63, 3.8) is 0 Å². The van der Waals surface area contributed by atoms with Crippen LogP contribution in [0.4, 0.5) is 9.18 Å².